The van der Waals surface area contributed by atoms with E-state index in [9.17, 15) is 31.6 Å². The summed E-state index contributed by atoms with van der Waals surface area (Å²) in [4.78, 5) is 21.2. The lowest BCUT2D eigenvalue weighted by molar-refractivity contribution is -0.192. The van der Waals surface area contributed by atoms with Gasteiger partial charge in [0.1, 0.15) is 5.84 Å². The summed E-state index contributed by atoms with van der Waals surface area (Å²) in [7, 11) is -3.89. The Bertz CT molecular complexity index is 1550. The number of carboxylic acid groups (broad SMARTS) is 1. The Labute approximate surface area is 234 Å². The van der Waals surface area contributed by atoms with Gasteiger partial charge in [0, 0.05) is 5.56 Å². The van der Waals surface area contributed by atoms with Gasteiger partial charge in [-0.15, -0.1) is 0 Å². The number of amidine groups is 1. The van der Waals surface area contributed by atoms with Gasteiger partial charge in [-0.1, -0.05) is 60.7 Å². The van der Waals surface area contributed by atoms with Crippen LogP contribution in [0.1, 0.15) is 22.3 Å². The maximum absolute atomic E-state index is 12.4. The van der Waals surface area contributed by atoms with Gasteiger partial charge in [-0.05, 0) is 47.2 Å². The van der Waals surface area contributed by atoms with Gasteiger partial charge in [-0.2, -0.15) is 18.4 Å². The van der Waals surface area contributed by atoms with Gasteiger partial charge in [0.05, 0.1) is 23.4 Å². The summed E-state index contributed by atoms with van der Waals surface area (Å²) in [5.41, 5.74) is 15.5. The number of benzene rings is 3. The predicted octanol–water partition coefficient (Wildman–Crippen LogP) is 2.70. The Hall–Kier alpha value is -4.74. The van der Waals surface area contributed by atoms with Gasteiger partial charge < -0.3 is 16.6 Å². The van der Waals surface area contributed by atoms with Crippen LogP contribution in [0, 0.1) is 16.7 Å². The first-order valence-electron chi connectivity index (χ1n) is 11.7. The quantitative estimate of drug-likeness (QED) is 0.185. The zero-order valence-electron chi connectivity index (χ0n) is 21.4. The van der Waals surface area contributed by atoms with Crippen molar-refractivity contribution in [3.63, 3.8) is 0 Å². The molecule has 0 aliphatic heterocycles. The molecule has 0 aromatic heterocycles. The van der Waals surface area contributed by atoms with Crippen LogP contribution in [0.25, 0.3) is 11.1 Å². The summed E-state index contributed by atoms with van der Waals surface area (Å²) in [6, 6.07) is 22.3. The first-order chi connectivity index (χ1) is 19.1. The van der Waals surface area contributed by atoms with Crippen LogP contribution in [-0.2, 0) is 32.5 Å². The molecule has 0 fully saturated rings. The molecule has 0 saturated carbocycles. The first kappa shape index (κ1) is 32.5. The molecule has 1 atom stereocenters. The second-order valence-electron chi connectivity index (χ2n) is 8.62. The molecule has 0 saturated heterocycles. The molecule has 0 unspecified atom stereocenters. The summed E-state index contributed by atoms with van der Waals surface area (Å²) in [6.45, 7) is 0. The van der Waals surface area contributed by atoms with Gasteiger partial charge in [0.15, 0.2) is 0 Å². The van der Waals surface area contributed by atoms with Crippen molar-refractivity contribution in [3.8, 4) is 17.2 Å². The lowest BCUT2D eigenvalue weighted by Gasteiger charge is -2.13. The van der Waals surface area contributed by atoms with Crippen molar-refractivity contribution in [2.75, 3.05) is 5.75 Å². The molecule has 1 amide bonds. The van der Waals surface area contributed by atoms with Gasteiger partial charge in [0.25, 0.3) is 5.91 Å². The first-order valence-corrected chi connectivity index (χ1v) is 13.4. The molecule has 0 spiro atoms. The molecule has 3 aromatic rings. The lowest BCUT2D eigenvalue weighted by atomic mass is 9.99. The highest BCUT2D eigenvalue weighted by molar-refractivity contribution is 7.90. The molecule has 0 radical (unpaired) electrons. The van der Waals surface area contributed by atoms with Crippen LogP contribution in [0.15, 0.2) is 72.8 Å². The fraction of sp³-hybridized carbons (Fsp3) is 0.185. The minimum atomic E-state index is -5.08. The van der Waals surface area contributed by atoms with E-state index in [0.717, 1.165) is 16.7 Å². The van der Waals surface area contributed by atoms with Crippen LogP contribution in [0.2, 0.25) is 0 Å². The van der Waals surface area contributed by atoms with E-state index in [2.05, 4.69) is 6.07 Å². The molecule has 216 valence electrons. The Morgan fingerprint density at radius 3 is 2.20 bits per heavy atom. The number of aliphatic carboxylic acids is 1. The minimum absolute atomic E-state index is 0.105. The Balaban J connectivity index is 0.000000745. The van der Waals surface area contributed by atoms with E-state index >= 15 is 0 Å². The summed E-state index contributed by atoms with van der Waals surface area (Å²) >= 11 is 0. The maximum Gasteiger partial charge on any atom is 0.490 e. The Morgan fingerprint density at radius 2 is 1.63 bits per heavy atom. The molecular formula is C27H26F3N5O5S. The molecule has 7 N–H and O–H groups in total. The van der Waals surface area contributed by atoms with E-state index in [1.54, 1.807) is 48.5 Å². The van der Waals surface area contributed by atoms with E-state index in [1.807, 2.05) is 29.0 Å². The molecule has 10 nitrogen and oxygen atoms in total. The van der Waals surface area contributed by atoms with Crippen molar-refractivity contribution in [1.29, 1.82) is 10.7 Å². The molecule has 0 aliphatic carbocycles. The average molecular weight is 590 g/mol. The second kappa shape index (κ2) is 14.1. The number of nitrogens with zero attached hydrogens (tertiary/aromatic N) is 1. The number of nitriles is 1. The number of nitrogens with one attached hydrogen (secondary N) is 2. The van der Waals surface area contributed by atoms with Crippen molar-refractivity contribution in [1.82, 2.24) is 4.72 Å². The van der Waals surface area contributed by atoms with Crippen LogP contribution in [-0.4, -0.2) is 49.2 Å². The lowest BCUT2D eigenvalue weighted by Crippen LogP contribution is -2.45. The third-order valence-electron chi connectivity index (χ3n) is 5.50. The van der Waals surface area contributed by atoms with Gasteiger partial charge in [-0.3, -0.25) is 14.9 Å². The highest BCUT2D eigenvalue weighted by Crippen LogP contribution is 2.23. The number of nitrogen functional groups attached to an aromatic ring is 1. The predicted molar refractivity (Wildman–Crippen MR) is 145 cm³/mol. The van der Waals surface area contributed by atoms with Crippen LogP contribution in [0.4, 0.5) is 13.2 Å². The number of hydrogen-bond donors (Lipinski definition) is 5. The number of hydrogen-bond acceptors (Lipinski definition) is 7. The topological polar surface area (TPSA) is 200 Å². The molecule has 3 rings (SSSR count). The number of carbonyl (C=O) groups excluding carboxylic acids is 1. The zero-order chi connectivity index (χ0) is 30.8. The Morgan fingerprint density at radius 1 is 1.02 bits per heavy atom. The maximum atomic E-state index is 12.4. The molecule has 41 heavy (non-hydrogen) atoms. The number of carbonyl (C=O) groups is 2. The molecule has 0 heterocycles. The van der Waals surface area contributed by atoms with Crippen LogP contribution >= 0.6 is 0 Å². The Kier molecular flexibility index (Phi) is 11.1. The van der Waals surface area contributed by atoms with Crippen molar-refractivity contribution in [2.45, 2.75) is 25.1 Å². The molecule has 3 aromatic carbocycles. The summed E-state index contributed by atoms with van der Waals surface area (Å²) in [5.74, 6) is -3.94. The van der Waals surface area contributed by atoms with E-state index in [4.69, 9.17) is 26.8 Å². The van der Waals surface area contributed by atoms with Crippen LogP contribution < -0.4 is 16.2 Å². The second-order valence-corrected chi connectivity index (χ2v) is 10.5. The highest BCUT2D eigenvalue weighted by Gasteiger charge is 2.38. The zero-order valence-corrected chi connectivity index (χ0v) is 22.2. The van der Waals surface area contributed by atoms with E-state index in [-0.39, 0.29) is 24.4 Å². The number of carboxylic acids is 1. The normalized spacial score (nSPS) is 11.8. The molecule has 14 heteroatoms. The van der Waals surface area contributed by atoms with Crippen molar-refractivity contribution in [3.05, 3.63) is 95.1 Å². The van der Waals surface area contributed by atoms with Gasteiger partial charge >= 0.3 is 12.1 Å². The third kappa shape index (κ3) is 10.4. The molecule has 0 aliphatic rings. The van der Waals surface area contributed by atoms with Crippen molar-refractivity contribution < 1.29 is 36.3 Å². The SMILES string of the molecule is N#Cc1ccccc1-c1ccc(CCS(=O)(=O)NC(=O)[C@@H](N)Cc2cccc(C(=N)N)c2)cc1.O=C(O)C(F)(F)F. The van der Waals surface area contributed by atoms with Crippen molar-refractivity contribution >= 4 is 27.7 Å². The van der Waals surface area contributed by atoms with Crippen molar-refractivity contribution in [2.24, 2.45) is 11.5 Å². The van der Waals surface area contributed by atoms with Gasteiger partial charge in [0.2, 0.25) is 10.0 Å². The number of aryl methyl sites for hydroxylation is 1. The fourth-order valence-corrected chi connectivity index (χ4v) is 4.49. The number of amides is 1. The largest absolute Gasteiger partial charge is 0.490 e. The van der Waals surface area contributed by atoms with E-state index < -0.39 is 34.1 Å². The summed E-state index contributed by atoms with van der Waals surface area (Å²) in [6.07, 6.45) is -4.77. The number of sulfonamides is 1. The number of alkyl halides is 3. The summed E-state index contributed by atoms with van der Waals surface area (Å²) in [5, 5.41) is 23.9. The number of rotatable bonds is 9. The molecule has 0 bridgehead atoms. The van der Waals surface area contributed by atoms with Crippen LogP contribution in [0.3, 0.4) is 0 Å². The third-order valence-corrected chi connectivity index (χ3v) is 6.75. The van der Waals surface area contributed by atoms with Gasteiger partial charge in [-0.25, -0.2) is 13.2 Å². The number of halogens is 3. The average Bonchev–Trinajstić information content (AvgIpc) is 2.92. The highest BCUT2D eigenvalue weighted by atomic mass is 32.2. The van der Waals surface area contributed by atoms with Crippen LogP contribution in [0.5, 0.6) is 0 Å². The fourth-order valence-electron chi connectivity index (χ4n) is 3.43. The van der Waals surface area contributed by atoms with E-state index in [0.29, 0.717) is 16.7 Å². The number of nitrogens with two attached hydrogens (primary N) is 2. The standard InChI is InChI=1S/C25H25N5O3S.C2HF3O2/c26-16-21-5-1-2-7-22(21)19-10-8-17(9-11-19)12-13-34(32,33)30-25(31)23(27)15-18-4-3-6-20(14-18)24(28)29;3-2(4,5)1(6)7/h1-11,14,23H,12-13,15,27H2,(H3,28,29)(H,30,31);(H,6,7)/t23-;/m0./s1. The minimum Gasteiger partial charge on any atom is -0.475 e. The summed E-state index contributed by atoms with van der Waals surface area (Å²) < 4.78 is 58.6. The van der Waals surface area contributed by atoms with E-state index in [1.165, 1.54) is 0 Å². The monoisotopic (exact) mass is 589 g/mol. The smallest absolute Gasteiger partial charge is 0.475 e. The molecular weight excluding hydrogens is 563 g/mol.